The Balaban J connectivity index is 1.75. The minimum atomic E-state index is -0.741. The van der Waals surface area contributed by atoms with Crippen LogP contribution in [0.15, 0.2) is 36.4 Å². The zero-order chi connectivity index (χ0) is 25.0. The lowest BCUT2D eigenvalue weighted by Crippen LogP contribution is -2.52. The summed E-state index contributed by atoms with van der Waals surface area (Å²) in [5.74, 6) is -0.965. The molecule has 1 aliphatic carbocycles. The van der Waals surface area contributed by atoms with Gasteiger partial charge < -0.3 is 15.0 Å². The zero-order valence-corrected chi connectivity index (χ0v) is 20.7. The number of nitrogens with one attached hydrogen (secondary N) is 1. The summed E-state index contributed by atoms with van der Waals surface area (Å²) in [6.45, 7) is 7.54. The van der Waals surface area contributed by atoms with Gasteiger partial charge in [-0.2, -0.15) is 0 Å². The molecular formula is C26H35N3O5. The fourth-order valence-electron chi connectivity index (χ4n) is 4.46. The van der Waals surface area contributed by atoms with Crippen molar-refractivity contribution in [3.8, 4) is 5.75 Å². The highest BCUT2D eigenvalue weighted by atomic mass is 16.5. The number of carbonyl (C=O) groups excluding carboxylic acids is 4. The van der Waals surface area contributed by atoms with Gasteiger partial charge in [0, 0.05) is 25.0 Å². The van der Waals surface area contributed by atoms with E-state index in [1.54, 1.807) is 14.0 Å². The van der Waals surface area contributed by atoms with Gasteiger partial charge in [-0.15, -0.1) is 0 Å². The number of fused-ring (bicyclic) bond motifs is 1. The lowest BCUT2D eigenvalue weighted by atomic mass is 9.85. The molecule has 184 valence electrons. The van der Waals surface area contributed by atoms with Crippen molar-refractivity contribution in [1.29, 1.82) is 0 Å². The van der Waals surface area contributed by atoms with Crippen LogP contribution >= 0.6 is 0 Å². The molecule has 1 fully saturated rings. The molecule has 4 amide bonds. The summed E-state index contributed by atoms with van der Waals surface area (Å²) in [4.78, 5) is 54.5. The Hall–Kier alpha value is -3.16. The zero-order valence-electron chi connectivity index (χ0n) is 20.7. The monoisotopic (exact) mass is 469 g/mol. The van der Waals surface area contributed by atoms with Crippen molar-refractivity contribution >= 4 is 23.6 Å². The van der Waals surface area contributed by atoms with Gasteiger partial charge >= 0.3 is 0 Å². The molecule has 2 aliphatic rings. The predicted molar refractivity (Wildman–Crippen MR) is 128 cm³/mol. The first-order valence-electron chi connectivity index (χ1n) is 11.8. The van der Waals surface area contributed by atoms with Crippen LogP contribution in [0.5, 0.6) is 5.75 Å². The van der Waals surface area contributed by atoms with E-state index in [-0.39, 0.29) is 55.0 Å². The van der Waals surface area contributed by atoms with E-state index < -0.39 is 11.6 Å². The maximum absolute atomic E-state index is 13.4. The van der Waals surface area contributed by atoms with E-state index in [0.29, 0.717) is 18.6 Å². The molecule has 1 aromatic rings. The molecule has 34 heavy (non-hydrogen) atoms. The Morgan fingerprint density at radius 1 is 1.15 bits per heavy atom. The highest BCUT2D eigenvalue weighted by Crippen LogP contribution is 2.35. The van der Waals surface area contributed by atoms with E-state index in [1.807, 2.05) is 57.2 Å². The number of hydrogen-bond donors (Lipinski definition) is 1. The number of rotatable bonds is 8. The molecule has 8 heteroatoms. The summed E-state index contributed by atoms with van der Waals surface area (Å²) in [6, 6.07) is 6.58. The summed E-state index contributed by atoms with van der Waals surface area (Å²) in [5.41, 5.74) is 0.364. The average molecular weight is 470 g/mol. The number of ether oxygens (including phenoxy) is 1. The Bertz CT molecular complexity index is 955. The molecule has 0 radical (unpaired) electrons. The van der Waals surface area contributed by atoms with E-state index in [0.717, 1.165) is 5.56 Å². The Morgan fingerprint density at radius 3 is 2.32 bits per heavy atom. The fraction of sp³-hybridized carbons (Fsp3) is 0.538. The van der Waals surface area contributed by atoms with Gasteiger partial charge in [-0.05, 0) is 58.2 Å². The minimum absolute atomic E-state index is 0.0196. The van der Waals surface area contributed by atoms with Crippen LogP contribution in [0.4, 0.5) is 0 Å². The van der Waals surface area contributed by atoms with Crippen molar-refractivity contribution in [2.45, 2.75) is 65.1 Å². The van der Waals surface area contributed by atoms with Crippen molar-refractivity contribution in [3.63, 3.8) is 0 Å². The fourth-order valence-corrected chi connectivity index (χ4v) is 4.46. The largest absolute Gasteiger partial charge is 0.497 e. The van der Waals surface area contributed by atoms with Gasteiger partial charge in [0.2, 0.25) is 23.6 Å². The first kappa shape index (κ1) is 25.5. The van der Waals surface area contributed by atoms with E-state index in [4.69, 9.17) is 4.74 Å². The summed E-state index contributed by atoms with van der Waals surface area (Å²) in [6.07, 6.45) is 4.96. The van der Waals surface area contributed by atoms with Crippen LogP contribution in [-0.4, -0.2) is 58.7 Å². The molecule has 3 atom stereocenters. The quantitative estimate of drug-likeness (QED) is 0.467. The summed E-state index contributed by atoms with van der Waals surface area (Å²) in [5, 5.41) is 2.92. The molecule has 1 unspecified atom stereocenters. The maximum atomic E-state index is 13.4. The molecule has 1 aliphatic heterocycles. The number of allylic oxidation sites excluding steroid dienone is 2. The first-order chi connectivity index (χ1) is 16.0. The average Bonchev–Trinajstić information content (AvgIpc) is 3.04. The van der Waals surface area contributed by atoms with Gasteiger partial charge in [-0.1, -0.05) is 24.3 Å². The highest BCUT2D eigenvalue weighted by molar-refractivity contribution is 6.05. The van der Waals surface area contributed by atoms with E-state index >= 15 is 0 Å². The molecule has 1 aromatic carbocycles. The Labute approximate surface area is 201 Å². The molecule has 0 spiro atoms. The molecule has 0 aromatic heterocycles. The van der Waals surface area contributed by atoms with Gasteiger partial charge in [-0.25, -0.2) is 0 Å². The Morgan fingerprint density at radius 2 is 1.76 bits per heavy atom. The normalized spacial score (nSPS) is 20.7. The van der Waals surface area contributed by atoms with E-state index in [1.165, 1.54) is 9.80 Å². The minimum Gasteiger partial charge on any atom is -0.497 e. The second kappa shape index (κ2) is 10.4. The lowest BCUT2D eigenvalue weighted by molar-refractivity contribution is -0.144. The maximum Gasteiger partial charge on any atom is 0.242 e. The molecule has 1 saturated heterocycles. The van der Waals surface area contributed by atoms with Crippen LogP contribution in [0.1, 0.15) is 52.5 Å². The van der Waals surface area contributed by atoms with Gasteiger partial charge in [0.25, 0.3) is 0 Å². The van der Waals surface area contributed by atoms with E-state index in [2.05, 4.69) is 5.32 Å². The number of carbonyl (C=O) groups is 4. The Kier molecular flexibility index (Phi) is 7.79. The summed E-state index contributed by atoms with van der Waals surface area (Å²) in [7, 11) is 1.57. The molecule has 0 bridgehead atoms. The smallest absolute Gasteiger partial charge is 0.242 e. The van der Waals surface area contributed by atoms with Crippen molar-refractivity contribution in [2.24, 2.45) is 11.8 Å². The van der Waals surface area contributed by atoms with Gasteiger partial charge in [0.05, 0.1) is 18.9 Å². The molecule has 8 nitrogen and oxygen atoms in total. The van der Waals surface area contributed by atoms with Crippen LogP contribution in [0.2, 0.25) is 0 Å². The van der Waals surface area contributed by atoms with Crippen LogP contribution in [0, 0.1) is 11.8 Å². The van der Waals surface area contributed by atoms with Gasteiger partial charge in [0.1, 0.15) is 11.8 Å². The molecule has 0 saturated carbocycles. The summed E-state index contributed by atoms with van der Waals surface area (Å²) < 4.78 is 5.29. The van der Waals surface area contributed by atoms with Crippen molar-refractivity contribution in [2.75, 3.05) is 13.7 Å². The molecule has 3 rings (SSSR count). The summed E-state index contributed by atoms with van der Waals surface area (Å²) >= 11 is 0. The third-order valence-corrected chi connectivity index (χ3v) is 6.30. The number of nitrogens with zero attached hydrogens (tertiary/aromatic N) is 2. The van der Waals surface area contributed by atoms with Gasteiger partial charge in [0.15, 0.2) is 0 Å². The van der Waals surface area contributed by atoms with Gasteiger partial charge in [-0.3, -0.25) is 24.1 Å². The van der Waals surface area contributed by atoms with Crippen LogP contribution in [-0.2, 0) is 25.7 Å². The number of amides is 4. The topological polar surface area (TPSA) is 96.0 Å². The van der Waals surface area contributed by atoms with E-state index in [9.17, 15) is 19.2 Å². The standard InChI is InChI=1S/C26H35N3O5/c1-17(23(31)27-26(2,3)4)29(16-18-9-8-10-19(15-18)34-5)22(30)13-14-28-24(32)20-11-6-7-12-21(20)25(28)33/h6-10,15,17,20-21H,11-14,16H2,1-5H3,(H,27,31)/t17?,20-,21+. The third kappa shape index (κ3) is 5.85. The highest BCUT2D eigenvalue weighted by Gasteiger charge is 2.47. The number of methoxy groups -OCH3 is 1. The van der Waals surface area contributed by atoms with Crippen LogP contribution < -0.4 is 10.1 Å². The second-order valence-corrected chi connectivity index (χ2v) is 10.0. The first-order valence-corrected chi connectivity index (χ1v) is 11.8. The second-order valence-electron chi connectivity index (χ2n) is 10.0. The number of hydrogen-bond acceptors (Lipinski definition) is 5. The number of likely N-dealkylation sites (tertiary alicyclic amines) is 1. The van der Waals surface area contributed by atoms with Crippen molar-refractivity contribution in [1.82, 2.24) is 15.1 Å². The molecular weight excluding hydrogens is 434 g/mol. The molecule has 1 N–H and O–H groups in total. The van der Waals surface area contributed by atoms with Crippen molar-refractivity contribution < 1.29 is 23.9 Å². The lowest BCUT2D eigenvalue weighted by Gasteiger charge is -2.32. The molecule has 1 heterocycles. The predicted octanol–water partition coefficient (Wildman–Crippen LogP) is 2.67. The number of imide groups is 1. The van der Waals surface area contributed by atoms with Crippen LogP contribution in [0.3, 0.4) is 0 Å². The van der Waals surface area contributed by atoms with Crippen LogP contribution in [0.25, 0.3) is 0 Å². The number of benzene rings is 1. The van der Waals surface area contributed by atoms with Crippen molar-refractivity contribution in [3.05, 3.63) is 42.0 Å². The third-order valence-electron chi connectivity index (χ3n) is 6.30. The SMILES string of the molecule is COc1cccc(CN(C(=O)CCN2C(=O)[C@H]3CC=CC[C@H]3C2=O)C(C)C(=O)NC(C)(C)C)c1.